The van der Waals surface area contributed by atoms with Gasteiger partial charge in [0, 0.05) is 5.69 Å². The summed E-state index contributed by atoms with van der Waals surface area (Å²) in [6, 6.07) is 2.82. The molecule has 1 aromatic rings. The number of nitrogens with one attached hydrogen (secondary N) is 1. The maximum atomic E-state index is 12.7. The van der Waals surface area contributed by atoms with E-state index in [1.54, 1.807) is 0 Å². The van der Waals surface area contributed by atoms with Crippen LogP contribution in [-0.4, -0.2) is 14.2 Å². The van der Waals surface area contributed by atoms with Crippen LogP contribution in [0.4, 0.5) is 24.5 Å². The average Bonchev–Trinajstić information content (AvgIpc) is 2.18. The van der Waals surface area contributed by atoms with E-state index in [0.29, 0.717) is 6.07 Å². The second-order valence-electron chi connectivity index (χ2n) is 3.47. The zero-order valence-corrected chi connectivity index (χ0v) is 9.98. The summed E-state index contributed by atoms with van der Waals surface area (Å²) < 4.78 is 62.6. The highest BCUT2D eigenvalue weighted by molar-refractivity contribution is 7.92. The quantitative estimate of drug-likeness (QED) is 0.656. The first-order valence-electron chi connectivity index (χ1n) is 4.74. The van der Waals surface area contributed by atoms with Gasteiger partial charge < -0.3 is 5.73 Å². The fourth-order valence-corrected chi connectivity index (χ4v) is 2.16. The number of rotatable bonds is 4. The standard InChI is InChI=1S/C10H11F3N2O2S/c1-2-5-18(16,17)15-9-4-3-7(14)6-8(9)10(11,12)13/h2-4,6,15H,1,5,14H2. The van der Waals surface area contributed by atoms with Gasteiger partial charge in [0.05, 0.1) is 17.0 Å². The van der Waals surface area contributed by atoms with Crippen LogP contribution < -0.4 is 10.5 Å². The fraction of sp³-hybridized carbons (Fsp3) is 0.200. The largest absolute Gasteiger partial charge is 0.418 e. The topological polar surface area (TPSA) is 72.2 Å². The summed E-state index contributed by atoms with van der Waals surface area (Å²) in [5.74, 6) is -0.478. The molecule has 1 aromatic carbocycles. The number of nitrogens with two attached hydrogens (primary N) is 1. The lowest BCUT2D eigenvalue weighted by molar-refractivity contribution is -0.136. The monoisotopic (exact) mass is 280 g/mol. The summed E-state index contributed by atoms with van der Waals surface area (Å²) in [6.07, 6.45) is -3.62. The van der Waals surface area contributed by atoms with Crippen LogP contribution in [0.15, 0.2) is 30.9 Å². The van der Waals surface area contributed by atoms with Crippen molar-refractivity contribution in [2.24, 2.45) is 0 Å². The molecule has 0 fully saturated rings. The lowest BCUT2D eigenvalue weighted by Crippen LogP contribution is -2.19. The Bertz CT molecular complexity index is 553. The maximum absolute atomic E-state index is 12.7. The summed E-state index contributed by atoms with van der Waals surface area (Å²) in [4.78, 5) is 0. The van der Waals surface area contributed by atoms with Crippen molar-refractivity contribution in [2.75, 3.05) is 16.2 Å². The van der Waals surface area contributed by atoms with Gasteiger partial charge in [-0.25, -0.2) is 8.42 Å². The third kappa shape index (κ3) is 3.66. The van der Waals surface area contributed by atoms with Gasteiger partial charge >= 0.3 is 6.18 Å². The first kappa shape index (κ1) is 14.4. The van der Waals surface area contributed by atoms with Crippen molar-refractivity contribution in [3.8, 4) is 0 Å². The van der Waals surface area contributed by atoms with Gasteiger partial charge in [0.25, 0.3) is 0 Å². The molecule has 0 unspecified atom stereocenters. The van der Waals surface area contributed by atoms with E-state index < -0.39 is 33.2 Å². The molecular formula is C10H11F3N2O2S. The van der Waals surface area contributed by atoms with Crippen LogP contribution >= 0.6 is 0 Å². The molecule has 0 saturated carbocycles. The number of hydrogen-bond donors (Lipinski definition) is 2. The molecule has 0 amide bonds. The van der Waals surface area contributed by atoms with Crippen LogP contribution in [0.25, 0.3) is 0 Å². The van der Waals surface area contributed by atoms with Gasteiger partial charge in [-0.2, -0.15) is 13.2 Å². The van der Waals surface area contributed by atoms with Crippen molar-refractivity contribution in [3.05, 3.63) is 36.4 Å². The van der Waals surface area contributed by atoms with Crippen molar-refractivity contribution < 1.29 is 21.6 Å². The number of sulfonamides is 1. The number of halogens is 3. The number of hydrogen-bond acceptors (Lipinski definition) is 3. The molecule has 0 aliphatic heterocycles. The van der Waals surface area contributed by atoms with Gasteiger partial charge in [-0.1, -0.05) is 6.08 Å². The zero-order valence-electron chi connectivity index (χ0n) is 9.16. The van der Waals surface area contributed by atoms with E-state index in [-0.39, 0.29) is 5.69 Å². The molecule has 0 saturated heterocycles. The first-order chi connectivity index (χ1) is 8.15. The highest BCUT2D eigenvalue weighted by atomic mass is 32.2. The summed E-state index contributed by atoms with van der Waals surface area (Å²) in [6.45, 7) is 3.21. The third-order valence-corrected chi connectivity index (χ3v) is 3.16. The minimum absolute atomic E-state index is 0.103. The molecule has 0 aliphatic rings. The number of nitrogen functional groups attached to an aromatic ring is 1. The molecule has 0 bridgehead atoms. The normalized spacial score (nSPS) is 12.2. The molecule has 4 nitrogen and oxygen atoms in total. The van der Waals surface area contributed by atoms with Crippen molar-refractivity contribution in [2.45, 2.75) is 6.18 Å². The summed E-state index contributed by atoms with van der Waals surface area (Å²) in [5.41, 5.74) is 3.46. The fourth-order valence-electron chi connectivity index (χ4n) is 1.25. The Kier molecular flexibility index (Phi) is 3.90. The van der Waals surface area contributed by atoms with E-state index in [0.717, 1.165) is 12.1 Å². The van der Waals surface area contributed by atoms with Crippen LogP contribution in [0.3, 0.4) is 0 Å². The van der Waals surface area contributed by atoms with E-state index in [9.17, 15) is 21.6 Å². The molecule has 0 heterocycles. The molecule has 18 heavy (non-hydrogen) atoms. The summed E-state index contributed by atoms with van der Waals surface area (Å²) in [5, 5.41) is 0. The third-order valence-electron chi connectivity index (χ3n) is 1.95. The van der Waals surface area contributed by atoms with E-state index >= 15 is 0 Å². The van der Waals surface area contributed by atoms with Crippen LogP contribution in [0.5, 0.6) is 0 Å². The van der Waals surface area contributed by atoms with Gasteiger partial charge in [0.15, 0.2) is 0 Å². The number of anilines is 2. The summed E-state index contributed by atoms with van der Waals surface area (Å²) >= 11 is 0. The van der Waals surface area contributed by atoms with Gasteiger partial charge in [-0.3, -0.25) is 4.72 Å². The Balaban J connectivity index is 3.22. The van der Waals surface area contributed by atoms with Crippen molar-refractivity contribution >= 4 is 21.4 Å². The molecule has 0 radical (unpaired) electrons. The predicted molar refractivity (Wildman–Crippen MR) is 63.5 cm³/mol. The molecule has 100 valence electrons. The van der Waals surface area contributed by atoms with E-state index in [1.165, 1.54) is 6.07 Å². The zero-order chi connectivity index (χ0) is 14.0. The Morgan fingerprint density at radius 3 is 2.50 bits per heavy atom. The predicted octanol–water partition coefficient (Wildman–Crippen LogP) is 2.22. The van der Waals surface area contributed by atoms with E-state index in [4.69, 9.17) is 5.73 Å². The number of benzene rings is 1. The van der Waals surface area contributed by atoms with Gasteiger partial charge in [-0.15, -0.1) is 6.58 Å². The Morgan fingerprint density at radius 2 is 2.00 bits per heavy atom. The Labute approximate surface area is 102 Å². The second kappa shape index (κ2) is 4.89. The highest BCUT2D eigenvalue weighted by Gasteiger charge is 2.34. The molecule has 0 spiro atoms. The smallest absolute Gasteiger partial charge is 0.399 e. The Morgan fingerprint density at radius 1 is 1.39 bits per heavy atom. The lowest BCUT2D eigenvalue weighted by Gasteiger charge is -2.14. The minimum atomic E-state index is -4.69. The SMILES string of the molecule is C=CCS(=O)(=O)Nc1ccc(N)cc1C(F)(F)F. The molecule has 0 aliphatic carbocycles. The van der Waals surface area contributed by atoms with Crippen molar-refractivity contribution in [1.82, 2.24) is 0 Å². The molecule has 0 aromatic heterocycles. The van der Waals surface area contributed by atoms with Gasteiger partial charge in [-0.05, 0) is 18.2 Å². The van der Waals surface area contributed by atoms with Crippen LogP contribution in [0.2, 0.25) is 0 Å². The summed E-state index contributed by atoms with van der Waals surface area (Å²) in [7, 11) is -3.89. The first-order valence-corrected chi connectivity index (χ1v) is 6.39. The van der Waals surface area contributed by atoms with E-state index in [2.05, 4.69) is 6.58 Å². The number of alkyl halides is 3. The lowest BCUT2D eigenvalue weighted by atomic mass is 10.1. The van der Waals surface area contributed by atoms with Crippen LogP contribution in [0, 0.1) is 0 Å². The maximum Gasteiger partial charge on any atom is 0.418 e. The molecule has 1 rings (SSSR count). The van der Waals surface area contributed by atoms with E-state index in [1.807, 2.05) is 4.72 Å². The van der Waals surface area contributed by atoms with Crippen molar-refractivity contribution in [3.63, 3.8) is 0 Å². The highest BCUT2D eigenvalue weighted by Crippen LogP contribution is 2.36. The Hall–Kier alpha value is -1.70. The molecular weight excluding hydrogens is 269 g/mol. The van der Waals surface area contributed by atoms with Crippen molar-refractivity contribution in [1.29, 1.82) is 0 Å². The average molecular weight is 280 g/mol. The molecule has 8 heteroatoms. The molecule has 0 atom stereocenters. The van der Waals surface area contributed by atoms with Gasteiger partial charge in [0.2, 0.25) is 10.0 Å². The van der Waals surface area contributed by atoms with Crippen LogP contribution in [0.1, 0.15) is 5.56 Å². The molecule has 3 N–H and O–H groups in total. The van der Waals surface area contributed by atoms with Gasteiger partial charge in [0.1, 0.15) is 0 Å². The minimum Gasteiger partial charge on any atom is -0.399 e. The second-order valence-corrected chi connectivity index (χ2v) is 5.24. The van der Waals surface area contributed by atoms with Crippen LogP contribution in [-0.2, 0) is 16.2 Å².